The first-order valence-electron chi connectivity index (χ1n) is 10.6. The smallest absolute Gasteiger partial charge is 0.450 e. The van der Waals surface area contributed by atoms with Crippen LogP contribution >= 0.6 is 0 Å². The van der Waals surface area contributed by atoms with Gasteiger partial charge in [-0.3, -0.25) is 9.59 Å². The number of hydrogen-bond donors (Lipinski definition) is 1. The highest BCUT2D eigenvalue weighted by atomic mass is 19.4. The van der Waals surface area contributed by atoms with Crippen LogP contribution in [0.4, 0.5) is 18.9 Å². The number of hydrogen-bond acceptors (Lipinski definition) is 6. The molecule has 36 heavy (non-hydrogen) atoms. The molecule has 10 heteroatoms. The van der Waals surface area contributed by atoms with E-state index in [2.05, 4.69) is 5.32 Å². The molecule has 0 saturated carbocycles. The Kier molecular flexibility index (Phi) is 6.86. The second-order valence-electron chi connectivity index (χ2n) is 7.56. The number of ether oxygens (including phenoxy) is 3. The van der Waals surface area contributed by atoms with E-state index in [4.69, 9.17) is 18.6 Å². The quantitative estimate of drug-likeness (QED) is 0.361. The number of fused-ring (bicyclic) bond motifs is 1. The minimum Gasteiger partial charge on any atom is -0.493 e. The standard InChI is InChI=1S/C26H20F3NO6/c1-33-19-11-8-15(12-21(19)34-2)23-24(32)18-10-9-17(13-20(18)36-25(23)26(27,28)29)35-14-22(31)30-16-6-4-3-5-7-16/h3-13H,14H2,1-2H3,(H,30,31). The fourth-order valence-electron chi connectivity index (χ4n) is 3.58. The summed E-state index contributed by atoms with van der Waals surface area (Å²) in [5.41, 5.74) is -1.37. The molecule has 1 aromatic heterocycles. The van der Waals surface area contributed by atoms with Crippen molar-refractivity contribution in [3.8, 4) is 28.4 Å². The van der Waals surface area contributed by atoms with Crippen LogP contribution in [0.3, 0.4) is 0 Å². The van der Waals surface area contributed by atoms with Crippen molar-refractivity contribution < 1.29 is 36.6 Å². The van der Waals surface area contributed by atoms with E-state index in [1.54, 1.807) is 30.3 Å². The van der Waals surface area contributed by atoms with Crippen molar-refractivity contribution >= 4 is 22.6 Å². The Morgan fingerprint density at radius 3 is 2.33 bits per heavy atom. The first kappa shape index (κ1) is 24.6. The first-order valence-corrected chi connectivity index (χ1v) is 10.6. The third kappa shape index (κ3) is 5.12. The number of alkyl halides is 3. The van der Waals surface area contributed by atoms with Crippen LogP contribution in [0.15, 0.2) is 75.9 Å². The Balaban J connectivity index is 1.70. The highest BCUT2D eigenvalue weighted by Gasteiger charge is 2.39. The van der Waals surface area contributed by atoms with Crippen LogP contribution in [-0.4, -0.2) is 26.7 Å². The SMILES string of the molecule is COc1ccc(-c2c(C(F)(F)F)oc3cc(OCC(=O)Nc4ccccc4)ccc3c2=O)cc1OC. The number of halogens is 3. The van der Waals surface area contributed by atoms with Gasteiger partial charge < -0.3 is 23.9 Å². The van der Waals surface area contributed by atoms with Crippen molar-refractivity contribution in [1.29, 1.82) is 0 Å². The van der Waals surface area contributed by atoms with Gasteiger partial charge in [-0.25, -0.2) is 0 Å². The van der Waals surface area contributed by atoms with Gasteiger partial charge in [-0.15, -0.1) is 0 Å². The zero-order valence-electron chi connectivity index (χ0n) is 19.1. The molecule has 0 bridgehead atoms. The number of amides is 1. The lowest BCUT2D eigenvalue weighted by molar-refractivity contribution is -0.152. The fraction of sp³-hybridized carbons (Fsp3) is 0.154. The number of nitrogens with one attached hydrogen (secondary N) is 1. The summed E-state index contributed by atoms with van der Waals surface area (Å²) in [6.07, 6.45) is -4.97. The van der Waals surface area contributed by atoms with Crippen molar-refractivity contribution in [2.45, 2.75) is 6.18 Å². The lowest BCUT2D eigenvalue weighted by atomic mass is 10.0. The summed E-state index contributed by atoms with van der Waals surface area (Å²) in [6, 6.07) is 16.5. The zero-order chi connectivity index (χ0) is 25.9. The average Bonchev–Trinajstić information content (AvgIpc) is 2.87. The van der Waals surface area contributed by atoms with Gasteiger partial charge in [-0.1, -0.05) is 24.3 Å². The maximum Gasteiger partial charge on any atom is 0.450 e. The number of carbonyl (C=O) groups excluding carboxylic acids is 1. The molecule has 186 valence electrons. The van der Waals surface area contributed by atoms with Gasteiger partial charge >= 0.3 is 6.18 Å². The normalized spacial score (nSPS) is 11.2. The number of methoxy groups -OCH3 is 2. The summed E-state index contributed by atoms with van der Waals surface area (Å²) in [4.78, 5) is 25.3. The van der Waals surface area contributed by atoms with E-state index in [1.807, 2.05) is 0 Å². The summed E-state index contributed by atoms with van der Waals surface area (Å²) in [5, 5.41) is 2.54. The van der Waals surface area contributed by atoms with E-state index in [-0.39, 0.29) is 33.8 Å². The van der Waals surface area contributed by atoms with E-state index in [1.165, 1.54) is 44.6 Å². The number of rotatable bonds is 7. The van der Waals surface area contributed by atoms with Crippen LogP contribution in [0, 0.1) is 0 Å². The van der Waals surface area contributed by atoms with Crippen LogP contribution in [0.1, 0.15) is 5.76 Å². The highest BCUT2D eigenvalue weighted by Crippen LogP contribution is 2.40. The second kappa shape index (κ2) is 10.0. The topological polar surface area (TPSA) is 87.0 Å². The van der Waals surface area contributed by atoms with E-state index >= 15 is 0 Å². The van der Waals surface area contributed by atoms with Gasteiger partial charge in [-0.2, -0.15) is 13.2 Å². The Hall–Kier alpha value is -4.47. The van der Waals surface area contributed by atoms with Gasteiger partial charge in [0.05, 0.1) is 25.2 Å². The number of para-hydroxylation sites is 1. The molecule has 1 N–H and O–H groups in total. The molecule has 4 aromatic rings. The molecule has 0 fully saturated rings. The summed E-state index contributed by atoms with van der Waals surface area (Å²) in [7, 11) is 2.71. The molecule has 3 aromatic carbocycles. The van der Waals surface area contributed by atoms with E-state index in [0.29, 0.717) is 5.69 Å². The minimum atomic E-state index is -4.97. The maximum atomic E-state index is 14.0. The highest BCUT2D eigenvalue weighted by molar-refractivity contribution is 5.92. The molecule has 0 radical (unpaired) electrons. The molecule has 0 unspecified atom stereocenters. The number of benzene rings is 3. The first-order chi connectivity index (χ1) is 17.2. The Bertz CT molecular complexity index is 1460. The van der Waals surface area contributed by atoms with Gasteiger partial charge in [0.15, 0.2) is 18.1 Å². The van der Waals surface area contributed by atoms with Crippen LogP contribution in [-0.2, 0) is 11.0 Å². The van der Waals surface area contributed by atoms with Gasteiger partial charge in [0, 0.05) is 11.8 Å². The summed E-state index contributed by atoms with van der Waals surface area (Å²) < 4.78 is 62.7. The lowest BCUT2D eigenvalue weighted by Crippen LogP contribution is -2.20. The van der Waals surface area contributed by atoms with Crippen LogP contribution in [0.25, 0.3) is 22.1 Å². The van der Waals surface area contributed by atoms with Gasteiger partial charge in [0.2, 0.25) is 11.2 Å². The Morgan fingerprint density at radius 1 is 0.944 bits per heavy atom. The Morgan fingerprint density at radius 2 is 1.67 bits per heavy atom. The monoisotopic (exact) mass is 499 g/mol. The van der Waals surface area contributed by atoms with Crippen LogP contribution in [0.5, 0.6) is 17.2 Å². The number of carbonyl (C=O) groups is 1. The van der Waals surface area contributed by atoms with Crippen molar-refractivity contribution in [2.24, 2.45) is 0 Å². The van der Waals surface area contributed by atoms with Crippen LogP contribution in [0.2, 0.25) is 0 Å². The zero-order valence-corrected chi connectivity index (χ0v) is 19.1. The Labute approximate surface area is 203 Å². The summed E-state index contributed by atoms with van der Waals surface area (Å²) >= 11 is 0. The largest absolute Gasteiger partial charge is 0.493 e. The van der Waals surface area contributed by atoms with Crippen molar-refractivity contribution in [3.63, 3.8) is 0 Å². The minimum absolute atomic E-state index is 0.0477. The molecule has 0 aliphatic heterocycles. The third-order valence-electron chi connectivity index (χ3n) is 5.22. The molecule has 4 rings (SSSR count). The number of anilines is 1. The molecule has 0 atom stereocenters. The van der Waals surface area contributed by atoms with E-state index in [9.17, 15) is 22.8 Å². The van der Waals surface area contributed by atoms with Crippen LogP contribution < -0.4 is 25.0 Å². The van der Waals surface area contributed by atoms with Gasteiger partial charge in [-0.05, 0) is 42.0 Å². The summed E-state index contributed by atoms with van der Waals surface area (Å²) in [5.74, 6) is -1.44. The average molecular weight is 499 g/mol. The molecule has 1 heterocycles. The van der Waals surface area contributed by atoms with Crippen molar-refractivity contribution in [2.75, 3.05) is 26.1 Å². The lowest BCUT2D eigenvalue weighted by Gasteiger charge is -2.15. The molecule has 0 aliphatic carbocycles. The van der Waals surface area contributed by atoms with Crippen molar-refractivity contribution in [1.82, 2.24) is 0 Å². The molecular formula is C26H20F3NO6. The van der Waals surface area contributed by atoms with Gasteiger partial charge in [0.1, 0.15) is 11.3 Å². The molecule has 0 spiro atoms. The van der Waals surface area contributed by atoms with Crippen molar-refractivity contribution in [3.05, 3.63) is 82.7 Å². The third-order valence-corrected chi connectivity index (χ3v) is 5.22. The van der Waals surface area contributed by atoms with E-state index in [0.717, 1.165) is 6.07 Å². The second-order valence-corrected chi connectivity index (χ2v) is 7.56. The maximum absolute atomic E-state index is 14.0. The fourth-order valence-corrected chi connectivity index (χ4v) is 3.58. The molecular weight excluding hydrogens is 479 g/mol. The molecule has 1 amide bonds. The molecule has 0 aliphatic rings. The molecule has 0 saturated heterocycles. The molecule has 7 nitrogen and oxygen atoms in total. The summed E-state index contributed by atoms with van der Waals surface area (Å²) in [6.45, 7) is -0.402. The predicted molar refractivity (Wildman–Crippen MR) is 127 cm³/mol. The van der Waals surface area contributed by atoms with Gasteiger partial charge in [0.25, 0.3) is 5.91 Å². The van der Waals surface area contributed by atoms with E-state index < -0.39 is 35.4 Å². The predicted octanol–water partition coefficient (Wildman–Crippen LogP) is 5.51.